The van der Waals surface area contributed by atoms with Gasteiger partial charge < -0.3 is 10.6 Å². The van der Waals surface area contributed by atoms with Crippen molar-refractivity contribution in [2.75, 3.05) is 5.32 Å². The minimum absolute atomic E-state index is 0.0690. The van der Waals surface area contributed by atoms with Gasteiger partial charge >= 0.3 is 6.18 Å². The highest BCUT2D eigenvalue weighted by molar-refractivity contribution is 5.98. The summed E-state index contributed by atoms with van der Waals surface area (Å²) in [6.45, 7) is 4.00. The number of fused-ring (bicyclic) bond motifs is 1. The van der Waals surface area contributed by atoms with E-state index >= 15 is 0 Å². The zero-order chi connectivity index (χ0) is 22.3. The molecule has 164 valence electrons. The summed E-state index contributed by atoms with van der Waals surface area (Å²) in [6, 6.07) is 4.90. The molecule has 1 aliphatic rings. The molecule has 2 unspecified atom stereocenters. The van der Waals surface area contributed by atoms with E-state index in [0.717, 1.165) is 27.1 Å². The fourth-order valence-electron chi connectivity index (χ4n) is 3.73. The van der Waals surface area contributed by atoms with Gasteiger partial charge in [-0.2, -0.15) is 23.4 Å². The summed E-state index contributed by atoms with van der Waals surface area (Å²) < 4.78 is 44.0. The summed E-state index contributed by atoms with van der Waals surface area (Å²) in [4.78, 5) is 12.8. The molecule has 0 aliphatic carbocycles. The van der Waals surface area contributed by atoms with Crippen molar-refractivity contribution in [2.24, 2.45) is 7.05 Å². The predicted octanol–water partition coefficient (Wildman–Crippen LogP) is 3.82. The molecule has 0 radical (unpaired) electrons. The Morgan fingerprint density at radius 3 is 2.52 bits per heavy atom. The molecule has 2 atom stereocenters. The lowest BCUT2D eigenvalue weighted by molar-refractivity contribution is -0.173. The summed E-state index contributed by atoms with van der Waals surface area (Å²) in [5.41, 5.74) is 3.54. The third-order valence-electron chi connectivity index (χ3n) is 5.74. The first kappa shape index (κ1) is 21.0. The van der Waals surface area contributed by atoms with E-state index in [-0.39, 0.29) is 24.3 Å². The highest BCUT2D eigenvalue weighted by Crippen LogP contribution is 2.44. The zero-order valence-electron chi connectivity index (χ0n) is 17.4. The lowest BCUT2D eigenvalue weighted by Gasteiger charge is -2.34. The Morgan fingerprint density at radius 2 is 1.90 bits per heavy atom. The molecule has 3 aromatic rings. The molecular weight excluding hydrogens is 409 g/mol. The molecule has 0 fully saturated rings. The molecule has 2 aromatic heterocycles. The molecule has 1 aliphatic heterocycles. The Bertz CT molecular complexity index is 1100. The minimum atomic E-state index is -4.49. The van der Waals surface area contributed by atoms with Crippen molar-refractivity contribution < 1.29 is 18.0 Å². The maximum absolute atomic E-state index is 13.8. The summed E-state index contributed by atoms with van der Waals surface area (Å²) in [5, 5.41) is 13.9. The number of amides is 1. The van der Waals surface area contributed by atoms with E-state index < -0.39 is 24.2 Å². The van der Waals surface area contributed by atoms with Crippen molar-refractivity contribution >= 4 is 11.7 Å². The molecular formula is C21H23F3N6O. The van der Waals surface area contributed by atoms with E-state index in [1.807, 2.05) is 26.0 Å². The standard InChI is InChI=1S/C21H23F3N6O/c1-12-4-6-14(7-5-12)17-8-18(21(22,23)24)30-19(28-17)16(11-27-30)20(31)25-9-15-10-26-29(3)13(15)2/h4-7,10-11,17-18,28H,8-9H2,1-3H3,(H,25,31). The highest BCUT2D eigenvalue weighted by Gasteiger charge is 2.47. The van der Waals surface area contributed by atoms with Crippen molar-refractivity contribution in [3.05, 3.63) is 64.6 Å². The van der Waals surface area contributed by atoms with Crippen molar-refractivity contribution in [3.8, 4) is 0 Å². The molecule has 0 saturated heterocycles. The Morgan fingerprint density at radius 1 is 1.19 bits per heavy atom. The van der Waals surface area contributed by atoms with E-state index in [2.05, 4.69) is 20.8 Å². The van der Waals surface area contributed by atoms with Crippen LogP contribution in [0.2, 0.25) is 0 Å². The van der Waals surface area contributed by atoms with Gasteiger partial charge in [0.15, 0.2) is 6.04 Å². The first-order valence-electron chi connectivity index (χ1n) is 9.88. The van der Waals surface area contributed by atoms with Gasteiger partial charge in [-0.25, -0.2) is 4.68 Å². The number of nitrogens with zero attached hydrogens (tertiary/aromatic N) is 4. The fraction of sp³-hybridized carbons (Fsp3) is 0.381. The van der Waals surface area contributed by atoms with E-state index in [1.54, 1.807) is 30.1 Å². The van der Waals surface area contributed by atoms with Crippen molar-refractivity contribution in [2.45, 2.75) is 45.1 Å². The largest absolute Gasteiger partial charge is 0.410 e. The molecule has 1 amide bonds. The average Bonchev–Trinajstić information content (AvgIpc) is 3.29. The van der Waals surface area contributed by atoms with Gasteiger partial charge in [0.2, 0.25) is 0 Å². The van der Waals surface area contributed by atoms with Crippen molar-refractivity contribution in [3.63, 3.8) is 0 Å². The first-order chi connectivity index (χ1) is 14.6. The summed E-state index contributed by atoms with van der Waals surface area (Å²) in [6.07, 6.45) is -1.87. The number of halogens is 3. The van der Waals surface area contributed by atoms with Gasteiger partial charge in [-0.05, 0) is 19.4 Å². The average molecular weight is 432 g/mol. The van der Waals surface area contributed by atoms with Crippen LogP contribution in [0, 0.1) is 13.8 Å². The minimum Gasteiger partial charge on any atom is -0.363 e. The molecule has 2 N–H and O–H groups in total. The quantitative estimate of drug-likeness (QED) is 0.657. The van der Waals surface area contributed by atoms with Crippen LogP contribution in [0.15, 0.2) is 36.7 Å². The normalized spacial score (nSPS) is 18.4. The van der Waals surface area contributed by atoms with Gasteiger partial charge in [0.05, 0.1) is 18.4 Å². The third kappa shape index (κ3) is 4.01. The van der Waals surface area contributed by atoms with Crippen LogP contribution in [-0.2, 0) is 13.6 Å². The third-order valence-corrected chi connectivity index (χ3v) is 5.74. The van der Waals surface area contributed by atoms with Crippen molar-refractivity contribution in [1.29, 1.82) is 0 Å². The fourth-order valence-corrected chi connectivity index (χ4v) is 3.73. The number of anilines is 1. The number of carbonyl (C=O) groups is 1. The Kier molecular flexibility index (Phi) is 5.24. The number of rotatable bonds is 4. The van der Waals surface area contributed by atoms with Crippen LogP contribution in [0.1, 0.15) is 51.2 Å². The van der Waals surface area contributed by atoms with E-state index in [4.69, 9.17) is 0 Å². The number of carbonyl (C=O) groups excluding carboxylic acids is 1. The Hall–Kier alpha value is -3.30. The first-order valence-corrected chi connectivity index (χ1v) is 9.88. The van der Waals surface area contributed by atoms with Crippen LogP contribution >= 0.6 is 0 Å². The predicted molar refractivity (Wildman–Crippen MR) is 109 cm³/mol. The lowest BCUT2D eigenvalue weighted by atomic mass is 9.96. The highest BCUT2D eigenvalue weighted by atomic mass is 19.4. The molecule has 4 rings (SSSR count). The van der Waals surface area contributed by atoms with Crippen LogP contribution in [0.4, 0.5) is 19.0 Å². The zero-order valence-corrected chi connectivity index (χ0v) is 17.4. The van der Waals surface area contributed by atoms with Gasteiger partial charge in [-0.3, -0.25) is 9.48 Å². The maximum atomic E-state index is 13.8. The summed E-state index contributed by atoms with van der Waals surface area (Å²) in [5.74, 6) is -0.429. The molecule has 3 heterocycles. The molecule has 0 saturated carbocycles. The van der Waals surface area contributed by atoms with E-state index in [0.29, 0.717) is 0 Å². The van der Waals surface area contributed by atoms with E-state index in [1.165, 1.54) is 6.20 Å². The topological polar surface area (TPSA) is 76.8 Å². The second-order valence-electron chi connectivity index (χ2n) is 7.81. The van der Waals surface area contributed by atoms with Gasteiger partial charge in [-0.15, -0.1) is 0 Å². The van der Waals surface area contributed by atoms with Crippen LogP contribution < -0.4 is 10.6 Å². The van der Waals surface area contributed by atoms with Crippen LogP contribution in [-0.4, -0.2) is 31.6 Å². The number of alkyl halides is 3. The SMILES string of the molecule is Cc1ccc(C2CC(C(F)(F)F)n3ncc(C(=O)NCc4cnn(C)c4C)c3N2)cc1. The summed E-state index contributed by atoms with van der Waals surface area (Å²) in [7, 11) is 1.79. The second-order valence-corrected chi connectivity index (χ2v) is 7.81. The lowest BCUT2D eigenvalue weighted by Crippen LogP contribution is -2.36. The van der Waals surface area contributed by atoms with Gasteiger partial charge in [0.25, 0.3) is 5.91 Å². The molecule has 31 heavy (non-hydrogen) atoms. The number of hydrogen-bond acceptors (Lipinski definition) is 4. The van der Waals surface area contributed by atoms with Crippen molar-refractivity contribution in [1.82, 2.24) is 24.9 Å². The number of benzene rings is 1. The second kappa shape index (κ2) is 7.75. The Labute approximate surface area is 177 Å². The maximum Gasteiger partial charge on any atom is 0.410 e. The van der Waals surface area contributed by atoms with Crippen LogP contribution in [0.5, 0.6) is 0 Å². The number of hydrogen-bond donors (Lipinski definition) is 2. The smallest absolute Gasteiger partial charge is 0.363 e. The number of aryl methyl sites for hydroxylation is 2. The molecule has 0 bridgehead atoms. The van der Waals surface area contributed by atoms with Gasteiger partial charge in [-0.1, -0.05) is 29.8 Å². The molecule has 0 spiro atoms. The number of nitrogens with one attached hydrogen (secondary N) is 2. The van der Waals surface area contributed by atoms with Crippen LogP contribution in [0.3, 0.4) is 0 Å². The number of aromatic nitrogens is 4. The van der Waals surface area contributed by atoms with Crippen LogP contribution in [0.25, 0.3) is 0 Å². The molecule has 10 heteroatoms. The van der Waals surface area contributed by atoms with E-state index in [9.17, 15) is 18.0 Å². The monoisotopic (exact) mass is 432 g/mol. The van der Waals surface area contributed by atoms with Gasteiger partial charge in [0, 0.05) is 31.3 Å². The van der Waals surface area contributed by atoms with Gasteiger partial charge in [0.1, 0.15) is 11.4 Å². The Balaban J connectivity index is 1.62. The summed E-state index contributed by atoms with van der Waals surface area (Å²) >= 11 is 0. The molecule has 1 aromatic carbocycles. The molecule has 7 nitrogen and oxygen atoms in total.